The van der Waals surface area contributed by atoms with Crippen molar-refractivity contribution >= 4 is 21.8 Å². The van der Waals surface area contributed by atoms with Crippen molar-refractivity contribution in [2.45, 2.75) is 33.1 Å². The second kappa shape index (κ2) is 8.24. The summed E-state index contributed by atoms with van der Waals surface area (Å²) in [5.74, 6) is -0.00295. The third-order valence-electron chi connectivity index (χ3n) is 4.96. The first-order chi connectivity index (χ1) is 13.1. The van der Waals surface area contributed by atoms with Gasteiger partial charge in [-0.1, -0.05) is 18.2 Å². The Morgan fingerprint density at radius 3 is 2.43 bits per heavy atom. The summed E-state index contributed by atoms with van der Waals surface area (Å²) in [6.45, 7) is 6.78. The Morgan fingerprint density at radius 1 is 1.18 bits per heavy atom. The molecule has 3 rings (SSSR count). The molecule has 1 saturated heterocycles. The molecule has 0 aliphatic carbocycles. The van der Waals surface area contributed by atoms with E-state index in [1.54, 1.807) is 15.6 Å². The molecule has 0 spiro atoms. The van der Waals surface area contributed by atoms with Gasteiger partial charge in [0.25, 0.3) is 0 Å². The fraction of sp³-hybridized carbons (Fsp3) is 0.474. The van der Waals surface area contributed by atoms with Gasteiger partial charge >= 0.3 is 6.18 Å². The normalized spacial score (nSPS) is 15.9. The summed E-state index contributed by atoms with van der Waals surface area (Å²) in [5.41, 5.74) is 1.75. The third-order valence-corrected chi connectivity index (χ3v) is 6.11. The average Bonchev–Trinajstić information content (AvgIpc) is 2.88. The lowest BCUT2D eigenvalue weighted by molar-refractivity contribution is -0.138. The minimum Gasteiger partial charge on any atom is -0.339 e. The van der Waals surface area contributed by atoms with Crippen LogP contribution in [-0.4, -0.2) is 51.7 Å². The Labute approximate surface area is 170 Å². The maximum Gasteiger partial charge on any atom is 0.416 e. The van der Waals surface area contributed by atoms with Crippen LogP contribution in [0.25, 0.3) is 0 Å². The summed E-state index contributed by atoms with van der Waals surface area (Å²) >= 11 is 3.46. The second-order valence-electron chi connectivity index (χ2n) is 7.00. The van der Waals surface area contributed by atoms with E-state index < -0.39 is 11.7 Å². The molecule has 1 aliphatic heterocycles. The van der Waals surface area contributed by atoms with Crippen LogP contribution < -0.4 is 0 Å². The van der Waals surface area contributed by atoms with Gasteiger partial charge in [0.2, 0.25) is 5.91 Å². The fourth-order valence-electron chi connectivity index (χ4n) is 3.32. The Balaban J connectivity index is 1.54. The van der Waals surface area contributed by atoms with Crippen molar-refractivity contribution in [1.29, 1.82) is 0 Å². The van der Waals surface area contributed by atoms with Gasteiger partial charge in [-0.05, 0) is 41.4 Å². The molecule has 0 atom stereocenters. The molecule has 9 heteroatoms. The van der Waals surface area contributed by atoms with Crippen LogP contribution in [0.1, 0.15) is 22.5 Å². The fourth-order valence-corrected chi connectivity index (χ4v) is 3.60. The molecule has 1 aliphatic rings. The van der Waals surface area contributed by atoms with Gasteiger partial charge in [0.05, 0.1) is 21.4 Å². The molecule has 0 radical (unpaired) electrons. The molecule has 0 bridgehead atoms. The number of aryl methyl sites for hydroxylation is 1. The van der Waals surface area contributed by atoms with Crippen molar-refractivity contribution in [2.24, 2.45) is 0 Å². The number of carbonyl (C=O) groups excluding carboxylic acids is 1. The van der Waals surface area contributed by atoms with Crippen molar-refractivity contribution in [3.63, 3.8) is 0 Å². The van der Waals surface area contributed by atoms with E-state index in [9.17, 15) is 18.0 Å². The molecule has 0 N–H and O–H groups in total. The SMILES string of the molecule is Cc1nn(CC(=O)N2CCN(Cc3cccc(C(F)(F)F)c3)CC2)c(C)c1Br. The monoisotopic (exact) mass is 458 g/mol. The van der Waals surface area contributed by atoms with Crippen molar-refractivity contribution in [3.05, 3.63) is 51.3 Å². The number of piperazine rings is 1. The molecule has 1 aromatic heterocycles. The Bertz CT molecular complexity index is 857. The zero-order chi connectivity index (χ0) is 20.5. The van der Waals surface area contributed by atoms with Crippen molar-refractivity contribution in [3.8, 4) is 0 Å². The Morgan fingerprint density at radius 2 is 1.86 bits per heavy atom. The lowest BCUT2D eigenvalue weighted by atomic mass is 10.1. The van der Waals surface area contributed by atoms with Gasteiger partial charge in [0.1, 0.15) is 6.54 Å². The molecular weight excluding hydrogens is 437 g/mol. The summed E-state index contributed by atoms with van der Waals surface area (Å²) in [4.78, 5) is 16.4. The minimum atomic E-state index is -4.33. The quantitative estimate of drug-likeness (QED) is 0.702. The first-order valence-electron chi connectivity index (χ1n) is 9.01. The Kier molecular flexibility index (Phi) is 6.14. The van der Waals surface area contributed by atoms with Gasteiger partial charge in [-0.15, -0.1) is 0 Å². The lowest BCUT2D eigenvalue weighted by Gasteiger charge is -2.35. The van der Waals surface area contributed by atoms with Gasteiger partial charge in [-0.2, -0.15) is 18.3 Å². The van der Waals surface area contributed by atoms with Gasteiger partial charge < -0.3 is 4.90 Å². The molecule has 1 amide bonds. The van der Waals surface area contributed by atoms with Crippen LogP contribution >= 0.6 is 15.9 Å². The molecular formula is C19H22BrF3N4O. The van der Waals surface area contributed by atoms with Crippen LogP contribution in [0.4, 0.5) is 13.2 Å². The predicted octanol–water partition coefficient (Wildman–Crippen LogP) is 3.63. The molecule has 1 aromatic carbocycles. The van der Waals surface area contributed by atoms with Gasteiger partial charge in [-0.3, -0.25) is 14.4 Å². The highest BCUT2D eigenvalue weighted by Crippen LogP contribution is 2.29. The summed E-state index contributed by atoms with van der Waals surface area (Å²) < 4.78 is 41.2. The molecule has 28 heavy (non-hydrogen) atoms. The number of hydrogen-bond donors (Lipinski definition) is 0. The summed E-state index contributed by atoms with van der Waals surface area (Å²) in [6.07, 6.45) is -4.33. The highest BCUT2D eigenvalue weighted by Gasteiger charge is 2.30. The van der Waals surface area contributed by atoms with Crippen LogP contribution in [0.15, 0.2) is 28.7 Å². The molecule has 2 aromatic rings. The summed E-state index contributed by atoms with van der Waals surface area (Å²) in [6, 6.07) is 5.41. The van der Waals surface area contributed by atoms with Gasteiger partial charge in [0.15, 0.2) is 0 Å². The number of amides is 1. The van der Waals surface area contributed by atoms with Crippen molar-refractivity contribution in [2.75, 3.05) is 26.2 Å². The third kappa shape index (κ3) is 4.75. The summed E-state index contributed by atoms with van der Waals surface area (Å²) in [5, 5.41) is 4.36. The highest BCUT2D eigenvalue weighted by molar-refractivity contribution is 9.10. The minimum absolute atomic E-state index is 0.00295. The maximum atomic E-state index is 12.9. The average molecular weight is 459 g/mol. The number of hydrogen-bond acceptors (Lipinski definition) is 3. The standard InChI is InChI=1S/C19H22BrF3N4O/c1-13-18(20)14(2)27(24-13)12-17(28)26-8-6-25(7-9-26)11-15-4-3-5-16(10-15)19(21,22)23/h3-5,10H,6-9,11-12H2,1-2H3. The van der Waals surface area contributed by atoms with E-state index in [4.69, 9.17) is 0 Å². The van der Waals surface area contributed by atoms with Crippen LogP contribution in [0, 0.1) is 13.8 Å². The predicted molar refractivity (Wildman–Crippen MR) is 103 cm³/mol. The largest absolute Gasteiger partial charge is 0.416 e. The molecule has 0 saturated carbocycles. The van der Waals surface area contributed by atoms with Gasteiger partial charge in [-0.25, -0.2) is 0 Å². The molecule has 0 unspecified atom stereocenters. The molecule has 152 valence electrons. The highest BCUT2D eigenvalue weighted by atomic mass is 79.9. The number of halogens is 4. The summed E-state index contributed by atoms with van der Waals surface area (Å²) in [7, 11) is 0. The molecule has 2 heterocycles. The molecule has 5 nitrogen and oxygen atoms in total. The first kappa shape index (κ1) is 20.9. The zero-order valence-electron chi connectivity index (χ0n) is 15.8. The Hall–Kier alpha value is -1.87. The lowest BCUT2D eigenvalue weighted by Crippen LogP contribution is -2.49. The van der Waals surface area contributed by atoms with E-state index in [1.807, 2.05) is 13.8 Å². The van der Waals surface area contributed by atoms with Crippen LogP contribution in [-0.2, 0) is 24.1 Å². The smallest absolute Gasteiger partial charge is 0.339 e. The van der Waals surface area contributed by atoms with E-state index in [2.05, 4.69) is 25.9 Å². The topological polar surface area (TPSA) is 41.4 Å². The van der Waals surface area contributed by atoms with E-state index in [1.165, 1.54) is 12.1 Å². The van der Waals surface area contributed by atoms with Crippen LogP contribution in [0.5, 0.6) is 0 Å². The van der Waals surface area contributed by atoms with E-state index in [0.717, 1.165) is 21.9 Å². The number of benzene rings is 1. The zero-order valence-corrected chi connectivity index (χ0v) is 17.3. The first-order valence-corrected chi connectivity index (χ1v) is 9.80. The van der Waals surface area contributed by atoms with E-state index >= 15 is 0 Å². The van der Waals surface area contributed by atoms with Crippen LogP contribution in [0.2, 0.25) is 0 Å². The number of alkyl halides is 3. The number of carbonyl (C=O) groups is 1. The second-order valence-corrected chi connectivity index (χ2v) is 7.79. The van der Waals surface area contributed by atoms with Crippen molar-refractivity contribution < 1.29 is 18.0 Å². The number of aromatic nitrogens is 2. The van der Waals surface area contributed by atoms with E-state index in [0.29, 0.717) is 38.3 Å². The number of nitrogens with zero attached hydrogens (tertiary/aromatic N) is 4. The number of rotatable bonds is 4. The van der Waals surface area contributed by atoms with E-state index in [-0.39, 0.29) is 12.5 Å². The maximum absolute atomic E-state index is 12.9. The molecule has 1 fully saturated rings. The van der Waals surface area contributed by atoms with Crippen molar-refractivity contribution in [1.82, 2.24) is 19.6 Å². The van der Waals surface area contributed by atoms with Crippen LogP contribution in [0.3, 0.4) is 0 Å². The van der Waals surface area contributed by atoms with Gasteiger partial charge in [0, 0.05) is 32.7 Å².